The van der Waals surface area contributed by atoms with Gasteiger partial charge >= 0.3 is 0 Å². The van der Waals surface area contributed by atoms with Crippen molar-refractivity contribution in [2.45, 2.75) is 13.5 Å². The third-order valence-electron chi connectivity index (χ3n) is 3.17. The maximum Gasteiger partial charge on any atom is 0.268 e. The predicted octanol–water partition coefficient (Wildman–Crippen LogP) is 2.41. The number of nitrogens with zero attached hydrogens (tertiary/aromatic N) is 1. The van der Waals surface area contributed by atoms with Crippen molar-refractivity contribution in [3.05, 3.63) is 53.1 Å². The Morgan fingerprint density at radius 1 is 1.40 bits per heavy atom. The molecule has 4 nitrogen and oxygen atoms in total. The minimum absolute atomic E-state index is 0.193. The van der Waals surface area contributed by atoms with Crippen molar-refractivity contribution >= 4 is 5.91 Å². The molecule has 106 valence electrons. The SMILES string of the molecule is COc1ccc(F)cc1CNC(=O)c1c(C)ccn1C. The predicted molar refractivity (Wildman–Crippen MR) is 74.3 cm³/mol. The van der Waals surface area contributed by atoms with Gasteiger partial charge in [0, 0.05) is 25.4 Å². The van der Waals surface area contributed by atoms with Crippen molar-refractivity contribution in [1.29, 1.82) is 0 Å². The van der Waals surface area contributed by atoms with Gasteiger partial charge in [0.05, 0.1) is 7.11 Å². The maximum atomic E-state index is 13.2. The lowest BCUT2D eigenvalue weighted by Gasteiger charge is -2.11. The number of hydrogen-bond donors (Lipinski definition) is 1. The van der Waals surface area contributed by atoms with Gasteiger partial charge in [-0.25, -0.2) is 4.39 Å². The van der Waals surface area contributed by atoms with Crippen LogP contribution in [0.15, 0.2) is 30.5 Å². The third kappa shape index (κ3) is 2.82. The molecule has 2 aromatic rings. The summed E-state index contributed by atoms with van der Waals surface area (Å²) < 4.78 is 20.1. The highest BCUT2D eigenvalue weighted by Crippen LogP contribution is 2.19. The lowest BCUT2D eigenvalue weighted by Crippen LogP contribution is -2.25. The number of carbonyl (C=O) groups is 1. The molecule has 0 aliphatic rings. The topological polar surface area (TPSA) is 43.3 Å². The molecule has 0 radical (unpaired) electrons. The van der Waals surface area contributed by atoms with E-state index in [4.69, 9.17) is 4.74 Å². The molecule has 0 saturated heterocycles. The molecular formula is C15H17FN2O2. The van der Waals surface area contributed by atoms with Crippen LogP contribution in [0.2, 0.25) is 0 Å². The van der Waals surface area contributed by atoms with Crippen LogP contribution in [0.5, 0.6) is 5.75 Å². The first-order valence-corrected chi connectivity index (χ1v) is 6.25. The van der Waals surface area contributed by atoms with Crippen LogP contribution in [0.4, 0.5) is 4.39 Å². The van der Waals surface area contributed by atoms with E-state index >= 15 is 0 Å². The molecule has 2 rings (SSSR count). The smallest absolute Gasteiger partial charge is 0.268 e. The van der Waals surface area contributed by atoms with Crippen molar-refractivity contribution in [3.8, 4) is 5.75 Å². The molecule has 0 bridgehead atoms. The highest BCUT2D eigenvalue weighted by atomic mass is 19.1. The van der Waals surface area contributed by atoms with E-state index in [9.17, 15) is 9.18 Å². The van der Waals surface area contributed by atoms with E-state index < -0.39 is 0 Å². The number of amides is 1. The summed E-state index contributed by atoms with van der Waals surface area (Å²) in [6.45, 7) is 2.09. The van der Waals surface area contributed by atoms with E-state index in [1.54, 1.807) is 10.6 Å². The lowest BCUT2D eigenvalue weighted by atomic mass is 10.2. The summed E-state index contributed by atoms with van der Waals surface area (Å²) in [6, 6.07) is 6.10. The van der Waals surface area contributed by atoms with Gasteiger partial charge < -0.3 is 14.6 Å². The summed E-state index contributed by atoms with van der Waals surface area (Å²) in [4.78, 5) is 12.1. The molecule has 1 heterocycles. The molecule has 0 atom stereocenters. The summed E-state index contributed by atoms with van der Waals surface area (Å²) in [6.07, 6.45) is 1.83. The van der Waals surface area contributed by atoms with E-state index in [2.05, 4.69) is 5.32 Å². The molecule has 1 N–H and O–H groups in total. The van der Waals surface area contributed by atoms with E-state index in [-0.39, 0.29) is 18.3 Å². The number of ether oxygens (including phenoxy) is 1. The number of rotatable bonds is 4. The van der Waals surface area contributed by atoms with Crippen LogP contribution in [0.3, 0.4) is 0 Å². The molecule has 0 fully saturated rings. The highest BCUT2D eigenvalue weighted by Gasteiger charge is 2.13. The average molecular weight is 276 g/mol. The van der Waals surface area contributed by atoms with Crippen LogP contribution in [0.25, 0.3) is 0 Å². The van der Waals surface area contributed by atoms with Crippen molar-refractivity contribution < 1.29 is 13.9 Å². The van der Waals surface area contributed by atoms with Gasteiger partial charge in [-0.15, -0.1) is 0 Å². The summed E-state index contributed by atoms with van der Waals surface area (Å²) in [5.41, 5.74) is 2.10. The minimum Gasteiger partial charge on any atom is -0.496 e. The molecule has 0 saturated carbocycles. The second kappa shape index (κ2) is 5.77. The zero-order valence-corrected chi connectivity index (χ0v) is 11.7. The van der Waals surface area contributed by atoms with Gasteiger partial charge in [0.1, 0.15) is 17.3 Å². The van der Waals surface area contributed by atoms with Crippen LogP contribution in [0.1, 0.15) is 21.6 Å². The van der Waals surface area contributed by atoms with Crippen LogP contribution >= 0.6 is 0 Å². The molecule has 0 unspecified atom stereocenters. The molecular weight excluding hydrogens is 259 g/mol. The van der Waals surface area contributed by atoms with Gasteiger partial charge in [0.15, 0.2) is 0 Å². The zero-order valence-electron chi connectivity index (χ0n) is 11.7. The molecule has 1 amide bonds. The van der Waals surface area contributed by atoms with Gasteiger partial charge in [-0.3, -0.25) is 4.79 Å². The first kappa shape index (κ1) is 14.1. The van der Waals surface area contributed by atoms with Gasteiger partial charge in [0.2, 0.25) is 0 Å². The Morgan fingerprint density at radius 3 is 2.75 bits per heavy atom. The van der Waals surface area contributed by atoms with E-state index in [1.165, 1.54) is 19.2 Å². The fourth-order valence-corrected chi connectivity index (χ4v) is 2.14. The second-order valence-electron chi connectivity index (χ2n) is 4.60. The summed E-state index contributed by atoms with van der Waals surface area (Å²) in [7, 11) is 3.32. The molecule has 1 aromatic heterocycles. The largest absolute Gasteiger partial charge is 0.496 e. The number of methoxy groups -OCH3 is 1. The van der Waals surface area contributed by atoms with Crippen molar-refractivity contribution in [3.63, 3.8) is 0 Å². The monoisotopic (exact) mass is 276 g/mol. The molecule has 5 heteroatoms. The summed E-state index contributed by atoms with van der Waals surface area (Å²) in [5, 5.41) is 2.78. The minimum atomic E-state index is -0.356. The maximum absolute atomic E-state index is 13.2. The van der Waals surface area contributed by atoms with Gasteiger partial charge in [-0.1, -0.05) is 0 Å². The van der Waals surface area contributed by atoms with Gasteiger partial charge in [0.25, 0.3) is 5.91 Å². The van der Waals surface area contributed by atoms with Crippen LogP contribution in [-0.4, -0.2) is 17.6 Å². The van der Waals surface area contributed by atoms with E-state index in [1.807, 2.05) is 26.2 Å². The van der Waals surface area contributed by atoms with Gasteiger partial charge in [-0.2, -0.15) is 0 Å². The first-order chi connectivity index (χ1) is 9.52. The zero-order chi connectivity index (χ0) is 14.7. The quantitative estimate of drug-likeness (QED) is 0.932. The second-order valence-corrected chi connectivity index (χ2v) is 4.60. The number of aryl methyl sites for hydroxylation is 2. The summed E-state index contributed by atoms with van der Waals surface area (Å²) >= 11 is 0. The molecule has 0 aliphatic heterocycles. The Balaban J connectivity index is 2.13. The molecule has 1 aromatic carbocycles. The fraction of sp³-hybridized carbons (Fsp3) is 0.267. The Hall–Kier alpha value is -2.30. The number of aromatic nitrogens is 1. The van der Waals surface area contributed by atoms with Gasteiger partial charge in [-0.05, 0) is 36.8 Å². The average Bonchev–Trinajstić information content (AvgIpc) is 2.76. The number of halogens is 1. The highest BCUT2D eigenvalue weighted by molar-refractivity contribution is 5.94. The Labute approximate surface area is 117 Å². The van der Waals surface area contributed by atoms with E-state index in [0.717, 1.165) is 5.56 Å². The van der Waals surface area contributed by atoms with Crippen molar-refractivity contribution in [1.82, 2.24) is 9.88 Å². The third-order valence-corrected chi connectivity index (χ3v) is 3.17. The Morgan fingerprint density at radius 2 is 2.15 bits per heavy atom. The van der Waals surface area contributed by atoms with E-state index in [0.29, 0.717) is 17.0 Å². The number of carbonyl (C=O) groups excluding carboxylic acids is 1. The van der Waals surface area contributed by atoms with Crippen LogP contribution < -0.4 is 10.1 Å². The first-order valence-electron chi connectivity index (χ1n) is 6.25. The number of hydrogen-bond acceptors (Lipinski definition) is 2. The van der Waals surface area contributed by atoms with Crippen LogP contribution in [0, 0.1) is 12.7 Å². The Bertz CT molecular complexity index is 615. The molecule has 20 heavy (non-hydrogen) atoms. The number of nitrogens with one attached hydrogen (secondary N) is 1. The normalized spacial score (nSPS) is 10.4. The van der Waals surface area contributed by atoms with Crippen molar-refractivity contribution in [2.75, 3.05) is 7.11 Å². The standard InChI is InChI=1S/C15H17FN2O2/c1-10-6-7-18(2)14(10)15(19)17-9-11-8-12(16)4-5-13(11)20-3/h4-8H,9H2,1-3H3,(H,17,19). The van der Waals surface area contributed by atoms with Crippen LogP contribution in [-0.2, 0) is 13.6 Å². The number of benzene rings is 1. The lowest BCUT2D eigenvalue weighted by molar-refractivity contribution is 0.0942. The fourth-order valence-electron chi connectivity index (χ4n) is 2.14. The van der Waals surface area contributed by atoms with Crippen molar-refractivity contribution in [2.24, 2.45) is 7.05 Å². The molecule has 0 spiro atoms. The Kier molecular flexibility index (Phi) is 4.08. The summed E-state index contributed by atoms with van der Waals surface area (Å²) in [5.74, 6) is 0.00159. The molecule has 0 aliphatic carbocycles.